The van der Waals surface area contributed by atoms with Crippen LogP contribution in [0.4, 0.5) is 0 Å². The van der Waals surface area contributed by atoms with Crippen LogP contribution in [0, 0.1) is 0 Å². The molecule has 0 atom stereocenters. The topological polar surface area (TPSA) is 47.7 Å². The van der Waals surface area contributed by atoms with Crippen molar-refractivity contribution in [2.24, 2.45) is 5.73 Å². The van der Waals surface area contributed by atoms with Gasteiger partial charge in [-0.25, -0.2) is 0 Å². The normalized spacial score (nSPS) is 15.3. The second kappa shape index (κ2) is 7.24. The summed E-state index contributed by atoms with van der Waals surface area (Å²) in [5, 5.41) is 0. The molecule has 0 aromatic heterocycles. The summed E-state index contributed by atoms with van der Waals surface area (Å²) in [5.41, 5.74) is 6.41. The molecule has 0 radical (unpaired) electrons. The standard InChI is InChI=1S/C14H19BrN2O2S/c1-18-12-9-10(14(16)20)8-11(15)13(12)19-7-6-17-4-2-3-5-17/h8-9H,2-7H2,1H3,(H2,16,20). The summed E-state index contributed by atoms with van der Waals surface area (Å²) in [6, 6.07) is 3.66. The molecule has 0 bridgehead atoms. The number of methoxy groups -OCH3 is 1. The van der Waals surface area contributed by atoms with Gasteiger partial charge in [0.1, 0.15) is 11.6 Å². The number of thiocarbonyl (C=S) groups is 1. The lowest BCUT2D eigenvalue weighted by Gasteiger charge is -2.17. The molecule has 1 fully saturated rings. The molecule has 4 nitrogen and oxygen atoms in total. The smallest absolute Gasteiger partial charge is 0.175 e. The number of hydrogen-bond acceptors (Lipinski definition) is 4. The lowest BCUT2D eigenvalue weighted by molar-refractivity contribution is 0.229. The van der Waals surface area contributed by atoms with E-state index in [0.29, 0.717) is 23.1 Å². The summed E-state index contributed by atoms with van der Waals surface area (Å²) in [5.74, 6) is 1.34. The number of benzene rings is 1. The van der Waals surface area contributed by atoms with Crippen LogP contribution >= 0.6 is 28.1 Å². The van der Waals surface area contributed by atoms with Crippen molar-refractivity contribution in [1.29, 1.82) is 0 Å². The fraction of sp³-hybridized carbons (Fsp3) is 0.500. The summed E-state index contributed by atoms with van der Waals surface area (Å²) in [4.78, 5) is 2.75. The van der Waals surface area contributed by atoms with E-state index in [1.165, 1.54) is 25.9 Å². The van der Waals surface area contributed by atoms with Gasteiger partial charge in [0.15, 0.2) is 11.5 Å². The second-order valence-electron chi connectivity index (χ2n) is 4.75. The molecule has 20 heavy (non-hydrogen) atoms. The number of halogens is 1. The largest absolute Gasteiger partial charge is 0.493 e. The Labute approximate surface area is 133 Å². The molecule has 0 spiro atoms. The van der Waals surface area contributed by atoms with Crippen LogP contribution in [0.3, 0.4) is 0 Å². The van der Waals surface area contributed by atoms with Crippen molar-refractivity contribution < 1.29 is 9.47 Å². The first-order valence-corrected chi connectivity index (χ1v) is 7.84. The molecule has 0 unspecified atom stereocenters. The van der Waals surface area contributed by atoms with Crippen molar-refractivity contribution >= 4 is 33.1 Å². The third-order valence-electron chi connectivity index (χ3n) is 3.37. The van der Waals surface area contributed by atoms with E-state index in [1.807, 2.05) is 6.07 Å². The Bertz CT molecular complexity index is 490. The first kappa shape index (κ1) is 15.5. The van der Waals surface area contributed by atoms with Gasteiger partial charge in [0.2, 0.25) is 0 Å². The molecular formula is C14H19BrN2O2S. The number of hydrogen-bond donors (Lipinski definition) is 1. The number of ether oxygens (including phenoxy) is 2. The molecule has 2 rings (SSSR count). The van der Waals surface area contributed by atoms with Gasteiger partial charge in [-0.1, -0.05) is 12.2 Å². The average Bonchev–Trinajstić information content (AvgIpc) is 2.93. The maximum atomic E-state index is 5.86. The van der Waals surface area contributed by atoms with Gasteiger partial charge in [0.25, 0.3) is 0 Å². The summed E-state index contributed by atoms with van der Waals surface area (Å²) in [7, 11) is 1.61. The van der Waals surface area contributed by atoms with Crippen molar-refractivity contribution in [2.75, 3.05) is 33.4 Å². The van der Waals surface area contributed by atoms with Crippen LogP contribution in [0.25, 0.3) is 0 Å². The van der Waals surface area contributed by atoms with Crippen LogP contribution in [0.2, 0.25) is 0 Å². The fourth-order valence-corrected chi connectivity index (χ4v) is 2.96. The Balaban J connectivity index is 2.04. The highest BCUT2D eigenvalue weighted by molar-refractivity contribution is 9.10. The summed E-state index contributed by atoms with van der Waals surface area (Å²) >= 11 is 8.47. The predicted molar refractivity (Wildman–Crippen MR) is 87.8 cm³/mol. The first-order chi connectivity index (χ1) is 9.61. The van der Waals surface area contributed by atoms with E-state index in [0.717, 1.165) is 16.6 Å². The minimum Gasteiger partial charge on any atom is -0.493 e. The molecule has 1 aromatic carbocycles. The number of nitrogens with zero attached hydrogens (tertiary/aromatic N) is 1. The SMILES string of the molecule is COc1cc(C(N)=S)cc(Br)c1OCCN1CCCC1. The van der Waals surface area contributed by atoms with E-state index in [-0.39, 0.29) is 0 Å². The average molecular weight is 359 g/mol. The van der Waals surface area contributed by atoms with E-state index in [2.05, 4.69) is 20.8 Å². The highest BCUT2D eigenvalue weighted by Gasteiger charge is 2.15. The highest BCUT2D eigenvalue weighted by Crippen LogP contribution is 2.36. The molecule has 110 valence electrons. The minimum absolute atomic E-state index is 0.340. The van der Waals surface area contributed by atoms with Crippen LogP contribution in [-0.4, -0.2) is 43.2 Å². The summed E-state index contributed by atoms with van der Waals surface area (Å²) in [6.45, 7) is 3.91. The van der Waals surface area contributed by atoms with Gasteiger partial charge in [-0.15, -0.1) is 0 Å². The maximum absolute atomic E-state index is 5.86. The van der Waals surface area contributed by atoms with E-state index in [4.69, 9.17) is 27.4 Å². The molecule has 1 aliphatic rings. The lowest BCUT2D eigenvalue weighted by atomic mass is 10.2. The lowest BCUT2D eigenvalue weighted by Crippen LogP contribution is -2.25. The third kappa shape index (κ3) is 3.84. The second-order valence-corrected chi connectivity index (χ2v) is 6.05. The van der Waals surface area contributed by atoms with Crippen LogP contribution in [0.15, 0.2) is 16.6 Å². The highest BCUT2D eigenvalue weighted by atomic mass is 79.9. The molecule has 6 heteroatoms. The number of likely N-dealkylation sites (tertiary alicyclic amines) is 1. The summed E-state index contributed by atoms with van der Waals surface area (Å²) in [6.07, 6.45) is 2.57. The van der Waals surface area contributed by atoms with E-state index in [9.17, 15) is 0 Å². The van der Waals surface area contributed by atoms with E-state index < -0.39 is 0 Å². The molecule has 0 aliphatic carbocycles. The first-order valence-electron chi connectivity index (χ1n) is 6.64. The summed E-state index contributed by atoms with van der Waals surface area (Å²) < 4.78 is 12.0. The molecule has 0 saturated carbocycles. The molecule has 1 aliphatic heterocycles. The number of rotatable bonds is 6. The van der Waals surface area contributed by atoms with E-state index in [1.54, 1.807) is 13.2 Å². The predicted octanol–water partition coefficient (Wildman–Crippen LogP) is 2.57. The van der Waals surface area contributed by atoms with Crippen LogP contribution in [0.5, 0.6) is 11.5 Å². The third-order valence-corrected chi connectivity index (χ3v) is 4.19. The fourth-order valence-electron chi connectivity index (χ4n) is 2.29. The van der Waals surface area contributed by atoms with Crippen molar-refractivity contribution in [3.05, 3.63) is 22.2 Å². The van der Waals surface area contributed by atoms with E-state index >= 15 is 0 Å². The number of nitrogens with two attached hydrogens (primary N) is 1. The van der Waals surface area contributed by atoms with Crippen LogP contribution in [-0.2, 0) is 0 Å². The molecule has 1 saturated heterocycles. The zero-order chi connectivity index (χ0) is 14.5. The molecule has 0 amide bonds. The molecule has 1 aromatic rings. The Kier molecular flexibility index (Phi) is 5.63. The molecule has 2 N–H and O–H groups in total. The Morgan fingerprint density at radius 3 is 2.70 bits per heavy atom. The minimum atomic E-state index is 0.340. The molecule has 1 heterocycles. The molecular weight excluding hydrogens is 340 g/mol. The van der Waals surface area contributed by atoms with Gasteiger partial charge in [0.05, 0.1) is 11.6 Å². The maximum Gasteiger partial charge on any atom is 0.175 e. The van der Waals surface area contributed by atoms with Gasteiger partial charge in [0, 0.05) is 12.1 Å². The Hall–Kier alpha value is -0.850. The van der Waals surface area contributed by atoms with Crippen molar-refractivity contribution in [1.82, 2.24) is 4.90 Å². The van der Waals surface area contributed by atoms with Crippen LogP contribution < -0.4 is 15.2 Å². The quantitative estimate of drug-likeness (QED) is 0.791. The zero-order valence-electron chi connectivity index (χ0n) is 11.5. The van der Waals surface area contributed by atoms with Gasteiger partial charge in [-0.05, 0) is 54.0 Å². The Morgan fingerprint density at radius 2 is 2.10 bits per heavy atom. The van der Waals surface area contributed by atoms with Gasteiger partial charge < -0.3 is 15.2 Å². The van der Waals surface area contributed by atoms with Gasteiger partial charge >= 0.3 is 0 Å². The Morgan fingerprint density at radius 1 is 1.40 bits per heavy atom. The van der Waals surface area contributed by atoms with Crippen LogP contribution in [0.1, 0.15) is 18.4 Å². The van der Waals surface area contributed by atoms with Gasteiger partial charge in [-0.2, -0.15) is 0 Å². The van der Waals surface area contributed by atoms with Crippen molar-refractivity contribution in [3.63, 3.8) is 0 Å². The van der Waals surface area contributed by atoms with Crippen molar-refractivity contribution in [3.8, 4) is 11.5 Å². The monoisotopic (exact) mass is 358 g/mol. The zero-order valence-corrected chi connectivity index (χ0v) is 13.9. The van der Waals surface area contributed by atoms with Crippen molar-refractivity contribution in [2.45, 2.75) is 12.8 Å². The van der Waals surface area contributed by atoms with Gasteiger partial charge in [-0.3, -0.25) is 4.90 Å².